The number of anilines is 1. The number of hydrogen-bond donors (Lipinski definition) is 3. The van der Waals surface area contributed by atoms with Crippen LogP contribution in [0.1, 0.15) is 6.23 Å². The number of hydrogen-bond acceptors (Lipinski definition) is 7. The molecule has 3 atom stereocenters. The van der Waals surface area contributed by atoms with E-state index in [1.165, 1.54) is 17.2 Å². The quantitative estimate of drug-likeness (QED) is 0.659. The highest BCUT2D eigenvalue weighted by Gasteiger charge is 2.41. The van der Waals surface area contributed by atoms with Gasteiger partial charge in [-0.25, -0.2) is 15.0 Å². The van der Waals surface area contributed by atoms with E-state index >= 15 is 0 Å². The Hall–Kier alpha value is -1.90. The van der Waals surface area contributed by atoms with Crippen LogP contribution in [0.25, 0.3) is 11.2 Å². The van der Waals surface area contributed by atoms with Gasteiger partial charge in [-0.05, 0) is 0 Å². The molecule has 0 bridgehead atoms. The van der Waals surface area contributed by atoms with Crippen molar-refractivity contribution in [3.05, 3.63) is 23.9 Å². The van der Waals surface area contributed by atoms with E-state index < -0.39 is 18.4 Å². The number of halogens is 1. The van der Waals surface area contributed by atoms with Gasteiger partial charge < -0.3 is 20.7 Å². The highest BCUT2D eigenvalue weighted by Crippen LogP contribution is 2.34. The molecule has 1 aliphatic heterocycles. The fourth-order valence-electron chi connectivity index (χ4n) is 1.97. The number of aliphatic hydroxyl groups excluding tert-OH is 2. The molecule has 0 aromatic carbocycles. The van der Waals surface area contributed by atoms with E-state index in [4.69, 9.17) is 22.1 Å². The van der Waals surface area contributed by atoms with Crippen molar-refractivity contribution in [2.75, 3.05) is 5.73 Å². The zero-order valence-corrected chi connectivity index (χ0v) is 10.3. The lowest BCUT2D eigenvalue weighted by atomic mass is 10.2. The van der Waals surface area contributed by atoms with Gasteiger partial charge in [-0.1, -0.05) is 11.6 Å². The Labute approximate surface area is 112 Å². The third-order valence-electron chi connectivity index (χ3n) is 2.93. The molecule has 2 aromatic rings. The summed E-state index contributed by atoms with van der Waals surface area (Å²) in [6, 6.07) is 0. The topological polar surface area (TPSA) is 119 Å². The Morgan fingerprint density at radius 3 is 2.84 bits per heavy atom. The SMILES string of the molecule is Nc1ncnc2c1ncn2[C@@H]1O/C(=C\Cl)[C@@H](O)[C@H]1O. The molecule has 1 fully saturated rings. The molecule has 2 aromatic heterocycles. The lowest BCUT2D eigenvalue weighted by Crippen LogP contribution is -2.27. The summed E-state index contributed by atoms with van der Waals surface area (Å²) < 4.78 is 6.85. The molecule has 4 N–H and O–H groups in total. The van der Waals surface area contributed by atoms with Crippen molar-refractivity contribution in [3.63, 3.8) is 0 Å². The predicted molar refractivity (Wildman–Crippen MR) is 65.8 cm³/mol. The molecule has 0 aliphatic carbocycles. The molecule has 100 valence electrons. The molecule has 9 heteroatoms. The van der Waals surface area contributed by atoms with Gasteiger partial charge in [0.1, 0.15) is 36.1 Å². The number of fused-ring (bicyclic) bond motifs is 1. The largest absolute Gasteiger partial charge is 0.468 e. The van der Waals surface area contributed by atoms with Gasteiger partial charge in [-0.15, -0.1) is 0 Å². The maximum absolute atomic E-state index is 9.96. The fraction of sp³-hybridized carbons (Fsp3) is 0.300. The van der Waals surface area contributed by atoms with E-state index in [0.717, 1.165) is 5.54 Å². The molecule has 0 unspecified atom stereocenters. The van der Waals surface area contributed by atoms with Crippen LogP contribution in [0.2, 0.25) is 0 Å². The van der Waals surface area contributed by atoms with Crippen LogP contribution in [0.4, 0.5) is 5.82 Å². The van der Waals surface area contributed by atoms with E-state index in [1.807, 2.05) is 0 Å². The summed E-state index contributed by atoms with van der Waals surface area (Å²) in [6.45, 7) is 0. The normalized spacial score (nSPS) is 29.0. The smallest absolute Gasteiger partial charge is 0.207 e. The molecule has 3 heterocycles. The van der Waals surface area contributed by atoms with E-state index in [1.54, 1.807) is 0 Å². The summed E-state index contributed by atoms with van der Waals surface area (Å²) in [6.07, 6.45) is -0.559. The fourth-order valence-corrected chi connectivity index (χ4v) is 2.15. The van der Waals surface area contributed by atoms with Crippen LogP contribution < -0.4 is 5.73 Å². The van der Waals surface area contributed by atoms with E-state index in [9.17, 15) is 10.2 Å². The summed E-state index contributed by atoms with van der Waals surface area (Å²) in [7, 11) is 0. The van der Waals surface area contributed by atoms with Crippen LogP contribution >= 0.6 is 11.6 Å². The maximum atomic E-state index is 9.96. The number of nitrogen functional groups attached to an aromatic ring is 1. The predicted octanol–water partition coefficient (Wildman–Crippen LogP) is -0.261. The Morgan fingerprint density at radius 2 is 2.16 bits per heavy atom. The van der Waals surface area contributed by atoms with Crippen LogP contribution in [-0.2, 0) is 4.74 Å². The second-order valence-electron chi connectivity index (χ2n) is 4.04. The van der Waals surface area contributed by atoms with Crippen molar-refractivity contribution >= 4 is 28.6 Å². The summed E-state index contributed by atoms with van der Waals surface area (Å²) in [5.41, 5.74) is 7.55. The van der Waals surface area contributed by atoms with Gasteiger partial charge in [0, 0.05) is 5.54 Å². The number of nitrogens with zero attached hydrogens (tertiary/aromatic N) is 4. The molecule has 0 amide bonds. The van der Waals surface area contributed by atoms with Gasteiger partial charge in [-0.3, -0.25) is 4.57 Å². The van der Waals surface area contributed by atoms with Crippen LogP contribution in [0, 0.1) is 0 Å². The van der Waals surface area contributed by atoms with E-state index in [2.05, 4.69) is 15.0 Å². The van der Waals surface area contributed by atoms with Gasteiger partial charge in [0.15, 0.2) is 11.5 Å². The van der Waals surface area contributed by atoms with Crippen LogP contribution in [0.15, 0.2) is 23.9 Å². The van der Waals surface area contributed by atoms with Crippen molar-refractivity contribution in [1.82, 2.24) is 19.5 Å². The summed E-state index contributed by atoms with van der Waals surface area (Å²) >= 11 is 5.51. The minimum Gasteiger partial charge on any atom is -0.468 e. The average Bonchev–Trinajstić information content (AvgIpc) is 2.94. The Bertz CT molecular complexity index is 658. The Kier molecular flexibility index (Phi) is 2.77. The number of rotatable bonds is 1. The van der Waals surface area contributed by atoms with E-state index in [0.29, 0.717) is 11.2 Å². The zero-order valence-electron chi connectivity index (χ0n) is 9.51. The van der Waals surface area contributed by atoms with Crippen molar-refractivity contribution in [2.24, 2.45) is 0 Å². The Morgan fingerprint density at radius 1 is 1.37 bits per heavy atom. The maximum Gasteiger partial charge on any atom is 0.207 e. The first-order valence-corrected chi connectivity index (χ1v) is 5.83. The lowest BCUT2D eigenvalue weighted by molar-refractivity contribution is -0.0118. The summed E-state index contributed by atoms with van der Waals surface area (Å²) in [4.78, 5) is 11.9. The van der Waals surface area contributed by atoms with Crippen LogP contribution in [-0.4, -0.2) is 41.9 Å². The van der Waals surface area contributed by atoms with Crippen molar-refractivity contribution < 1.29 is 14.9 Å². The molecule has 8 nitrogen and oxygen atoms in total. The van der Waals surface area contributed by atoms with Crippen molar-refractivity contribution in [2.45, 2.75) is 18.4 Å². The van der Waals surface area contributed by atoms with Gasteiger partial charge in [-0.2, -0.15) is 0 Å². The Balaban J connectivity index is 2.09. The van der Waals surface area contributed by atoms with Gasteiger partial charge in [0.25, 0.3) is 0 Å². The van der Waals surface area contributed by atoms with Crippen LogP contribution in [0.3, 0.4) is 0 Å². The molecular formula is C10H10ClN5O3. The monoisotopic (exact) mass is 283 g/mol. The van der Waals surface area contributed by atoms with Gasteiger partial charge in [0.05, 0.1) is 0 Å². The molecule has 3 rings (SSSR count). The summed E-state index contributed by atoms with van der Waals surface area (Å²) in [5.74, 6) is 0.313. The van der Waals surface area contributed by atoms with Crippen molar-refractivity contribution in [3.8, 4) is 0 Å². The molecule has 0 saturated carbocycles. The third kappa shape index (κ3) is 1.72. The first kappa shape index (κ1) is 12.2. The molecule has 0 radical (unpaired) electrons. The summed E-state index contributed by atoms with van der Waals surface area (Å²) in [5, 5.41) is 19.7. The molecule has 1 saturated heterocycles. The number of ether oxygens (including phenoxy) is 1. The molecular weight excluding hydrogens is 274 g/mol. The minimum absolute atomic E-state index is 0.0862. The lowest BCUT2D eigenvalue weighted by Gasteiger charge is -2.15. The zero-order chi connectivity index (χ0) is 13.6. The second kappa shape index (κ2) is 4.34. The van der Waals surface area contributed by atoms with Gasteiger partial charge in [0.2, 0.25) is 6.23 Å². The molecule has 19 heavy (non-hydrogen) atoms. The van der Waals surface area contributed by atoms with Gasteiger partial charge >= 0.3 is 0 Å². The van der Waals surface area contributed by atoms with E-state index in [-0.39, 0.29) is 11.6 Å². The highest BCUT2D eigenvalue weighted by molar-refractivity contribution is 6.25. The number of nitrogens with two attached hydrogens (primary N) is 1. The van der Waals surface area contributed by atoms with Crippen LogP contribution in [0.5, 0.6) is 0 Å². The average molecular weight is 284 g/mol. The standard InChI is InChI=1S/C10H10ClN5O3/c11-1-4-6(17)7(18)10(19-4)16-3-15-5-8(12)13-2-14-9(5)16/h1-3,6-7,10,17-18H,(H2,12,13,14)/b4-1-/t6-,7-,10-/m1/s1. The first-order chi connectivity index (χ1) is 9.13. The highest BCUT2D eigenvalue weighted by atomic mass is 35.5. The number of aromatic nitrogens is 4. The number of imidazole rings is 1. The van der Waals surface area contributed by atoms with Crippen molar-refractivity contribution in [1.29, 1.82) is 0 Å². The molecule has 0 spiro atoms. The molecule has 1 aliphatic rings. The number of aliphatic hydroxyl groups is 2. The first-order valence-electron chi connectivity index (χ1n) is 5.39. The second-order valence-corrected chi connectivity index (χ2v) is 4.26. The minimum atomic E-state index is -1.20. The third-order valence-corrected chi connectivity index (χ3v) is 3.15.